The smallest absolute Gasteiger partial charge is 0.187 e. The fourth-order valence-corrected chi connectivity index (χ4v) is 5.58. The van der Waals surface area contributed by atoms with Crippen molar-refractivity contribution < 1.29 is 59.8 Å². The molecule has 1 unspecified atom stereocenters. The summed E-state index contributed by atoms with van der Waals surface area (Å²) in [6, 6.07) is -3.24. The Kier molecular flexibility index (Phi) is 12.4. The molecular formula is C24H48N4O12. The molecule has 3 aliphatic rings. The van der Waals surface area contributed by atoms with Crippen LogP contribution in [0.3, 0.4) is 0 Å². The Labute approximate surface area is 233 Å². The number of rotatable bonds is 12. The topological polar surface area (TPSA) is 261 Å². The standard InChI is InChI=1S/C24H48N4O12/c1-4-27-6-13-14(31)15(32)16(33)23(38-13)39-19-11(25)5-12(28-10(7-29)8-30)20(17(19)34)40-22-18(35)21(26-3)24(2,36)9-37-22/h10-23,26-36H,4-9,25H2,1-3H3/t11-,12+,13+,14+,15-,16+,17-,18+,19?,20-,21+,22+,23+,24-/m0/s1. The minimum atomic E-state index is -1.65. The lowest BCUT2D eigenvalue weighted by Crippen LogP contribution is -2.70. The zero-order chi connectivity index (χ0) is 29.8. The molecule has 0 spiro atoms. The van der Waals surface area contributed by atoms with E-state index in [-0.39, 0.29) is 19.6 Å². The van der Waals surface area contributed by atoms with E-state index in [0.29, 0.717) is 6.54 Å². The van der Waals surface area contributed by atoms with Crippen LogP contribution in [0, 0.1) is 0 Å². The van der Waals surface area contributed by atoms with Gasteiger partial charge in [-0.2, -0.15) is 0 Å². The van der Waals surface area contributed by atoms with Gasteiger partial charge in [0.2, 0.25) is 0 Å². The lowest BCUT2D eigenvalue weighted by atomic mass is 9.83. The molecule has 13 N–H and O–H groups in total. The number of aliphatic hydroxyl groups excluding tert-OH is 7. The highest BCUT2D eigenvalue weighted by atomic mass is 16.7. The third-order valence-corrected chi connectivity index (χ3v) is 7.90. The molecule has 3 fully saturated rings. The van der Waals surface area contributed by atoms with E-state index in [4.69, 9.17) is 24.7 Å². The first kappa shape index (κ1) is 33.9. The van der Waals surface area contributed by atoms with Crippen molar-refractivity contribution in [2.45, 2.75) is 111 Å². The summed E-state index contributed by atoms with van der Waals surface area (Å²) >= 11 is 0. The van der Waals surface area contributed by atoms with E-state index < -0.39 is 104 Å². The summed E-state index contributed by atoms with van der Waals surface area (Å²) in [6.07, 6.45) is -13.5. The monoisotopic (exact) mass is 584 g/mol. The van der Waals surface area contributed by atoms with E-state index in [2.05, 4.69) is 16.0 Å². The Morgan fingerprint density at radius 1 is 0.950 bits per heavy atom. The zero-order valence-electron chi connectivity index (χ0n) is 23.1. The maximum Gasteiger partial charge on any atom is 0.187 e. The lowest BCUT2D eigenvalue weighted by Gasteiger charge is -2.50. The lowest BCUT2D eigenvalue weighted by molar-refractivity contribution is -0.331. The molecule has 0 bridgehead atoms. The highest BCUT2D eigenvalue weighted by Gasteiger charge is 2.53. The van der Waals surface area contributed by atoms with Gasteiger partial charge in [0.1, 0.15) is 54.4 Å². The largest absolute Gasteiger partial charge is 0.395 e. The first-order valence-electron chi connectivity index (χ1n) is 13.7. The number of ether oxygens (including phenoxy) is 4. The molecular weight excluding hydrogens is 536 g/mol. The van der Waals surface area contributed by atoms with Crippen molar-refractivity contribution in [1.29, 1.82) is 0 Å². The second-order valence-corrected chi connectivity index (χ2v) is 11.0. The van der Waals surface area contributed by atoms with E-state index in [1.807, 2.05) is 6.92 Å². The van der Waals surface area contributed by atoms with Crippen LogP contribution in [-0.2, 0) is 18.9 Å². The average Bonchev–Trinajstić information content (AvgIpc) is 2.91. The second kappa shape index (κ2) is 14.7. The van der Waals surface area contributed by atoms with Crippen LogP contribution in [0.2, 0.25) is 0 Å². The quantitative estimate of drug-likeness (QED) is 0.102. The van der Waals surface area contributed by atoms with Crippen LogP contribution in [0.15, 0.2) is 0 Å². The van der Waals surface area contributed by atoms with Crippen molar-refractivity contribution in [2.24, 2.45) is 5.73 Å². The summed E-state index contributed by atoms with van der Waals surface area (Å²) in [5.74, 6) is 0. The Morgan fingerprint density at radius 2 is 1.60 bits per heavy atom. The number of likely N-dealkylation sites (N-methyl/N-ethyl adjacent to an activating group) is 2. The van der Waals surface area contributed by atoms with E-state index in [1.54, 1.807) is 7.05 Å². The van der Waals surface area contributed by atoms with Crippen molar-refractivity contribution in [3.05, 3.63) is 0 Å². The molecule has 0 amide bonds. The van der Waals surface area contributed by atoms with Crippen LogP contribution in [0.4, 0.5) is 0 Å². The van der Waals surface area contributed by atoms with Gasteiger partial charge in [0.15, 0.2) is 12.6 Å². The third-order valence-electron chi connectivity index (χ3n) is 7.90. The maximum absolute atomic E-state index is 11.5. The Hall–Kier alpha value is -0.640. The molecule has 3 rings (SSSR count). The van der Waals surface area contributed by atoms with Crippen molar-refractivity contribution in [2.75, 3.05) is 40.0 Å². The molecule has 0 radical (unpaired) electrons. The summed E-state index contributed by atoms with van der Waals surface area (Å²) in [5.41, 5.74) is 4.96. The van der Waals surface area contributed by atoms with Crippen LogP contribution in [-0.4, -0.2) is 172 Å². The number of hydrogen-bond acceptors (Lipinski definition) is 16. The van der Waals surface area contributed by atoms with Gasteiger partial charge in [0.05, 0.1) is 31.9 Å². The molecule has 2 aliphatic heterocycles. The van der Waals surface area contributed by atoms with Crippen LogP contribution in [0.1, 0.15) is 20.3 Å². The second-order valence-electron chi connectivity index (χ2n) is 11.0. The summed E-state index contributed by atoms with van der Waals surface area (Å²) in [5, 5.41) is 92.3. The Balaban J connectivity index is 1.82. The van der Waals surface area contributed by atoms with Gasteiger partial charge in [-0.15, -0.1) is 0 Å². The normalized spacial score (nSPS) is 46.6. The SMILES string of the molecule is CCNC[C@H]1O[C@H](OC2[C@@H](N)C[C@@H](NC(CO)CO)[C@H](O[C@H]3OC[C@](C)(O)[C@H](NC)[C@H]3O)[C@H]2O)[C@H](O)[C@@H](O)[C@@H]1O. The van der Waals surface area contributed by atoms with Gasteiger partial charge in [0.25, 0.3) is 0 Å². The molecule has 1 aliphatic carbocycles. The van der Waals surface area contributed by atoms with Crippen molar-refractivity contribution in [3.8, 4) is 0 Å². The maximum atomic E-state index is 11.5. The molecule has 236 valence electrons. The molecule has 0 aromatic carbocycles. The molecule has 40 heavy (non-hydrogen) atoms. The Morgan fingerprint density at radius 3 is 2.20 bits per heavy atom. The van der Waals surface area contributed by atoms with Gasteiger partial charge in [-0.1, -0.05) is 6.92 Å². The Bertz CT molecular complexity index is 767. The molecule has 16 heteroatoms. The number of hydrogen-bond donors (Lipinski definition) is 12. The minimum Gasteiger partial charge on any atom is -0.395 e. The summed E-state index contributed by atoms with van der Waals surface area (Å²) in [4.78, 5) is 0. The van der Waals surface area contributed by atoms with E-state index in [0.717, 1.165) is 0 Å². The van der Waals surface area contributed by atoms with Crippen molar-refractivity contribution in [1.82, 2.24) is 16.0 Å². The van der Waals surface area contributed by atoms with Gasteiger partial charge >= 0.3 is 0 Å². The number of aliphatic hydroxyl groups is 8. The first-order valence-corrected chi connectivity index (χ1v) is 13.7. The van der Waals surface area contributed by atoms with Crippen LogP contribution in [0.25, 0.3) is 0 Å². The van der Waals surface area contributed by atoms with Gasteiger partial charge in [-0.3, -0.25) is 0 Å². The van der Waals surface area contributed by atoms with Gasteiger partial charge in [-0.25, -0.2) is 0 Å². The highest BCUT2D eigenvalue weighted by molar-refractivity contribution is 5.03. The molecule has 14 atom stereocenters. The van der Waals surface area contributed by atoms with Crippen LogP contribution < -0.4 is 21.7 Å². The predicted molar refractivity (Wildman–Crippen MR) is 138 cm³/mol. The average molecular weight is 585 g/mol. The van der Waals surface area contributed by atoms with E-state index in [1.165, 1.54) is 6.92 Å². The van der Waals surface area contributed by atoms with Crippen LogP contribution in [0.5, 0.6) is 0 Å². The van der Waals surface area contributed by atoms with Crippen LogP contribution >= 0.6 is 0 Å². The molecule has 1 saturated carbocycles. The summed E-state index contributed by atoms with van der Waals surface area (Å²) < 4.78 is 23.3. The molecule has 0 aromatic rings. The van der Waals surface area contributed by atoms with Gasteiger partial charge in [0, 0.05) is 18.6 Å². The molecule has 2 heterocycles. The van der Waals surface area contributed by atoms with E-state index in [9.17, 15) is 40.9 Å². The predicted octanol–water partition coefficient (Wildman–Crippen LogP) is -6.37. The van der Waals surface area contributed by atoms with Gasteiger partial charge < -0.3 is 81.5 Å². The summed E-state index contributed by atoms with van der Waals surface area (Å²) in [7, 11) is 1.56. The minimum absolute atomic E-state index is 0.0910. The molecule has 16 nitrogen and oxygen atoms in total. The number of nitrogens with two attached hydrogens (primary N) is 1. The highest BCUT2D eigenvalue weighted by Crippen LogP contribution is 2.32. The van der Waals surface area contributed by atoms with E-state index >= 15 is 0 Å². The third kappa shape index (κ3) is 7.46. The first-order chi connectivity index (χ1) is 18.9. The van der Waals surface area contributed by atoms with Crippen molar-refractivity contribution >= 4 is 0 Å². The van der Waals surface area contributed by atoms with Crippen molar-refractivity contribution in [3.63, 3.8) is 0 Å². The zero-order valence-corrected chi connectivity index (χ0v) is 23.1. The summed E-state index contributed by atoms with van der Waals surface area (Å²) in [6.45, 7) is 3.04. The fraction of sp³-hybridized carbons (Fsp3) is 1.00. The number of nitrogens with one attached hydrogen (secondary N) is 3. The fourth-order valence-electron chi connectivity index (χ4n) is 5.58. The molecule has 0 aromatic heterocycles. The van der Waals surface area contributed by atoms with Gasteiger partial charge in [-0.05, 0) is 26.9 Å². The molecule has 2 saturated heterocycles.